The number of carboxylic acids is 1. The number of aliphatic hydroxyl groups is 1. The van der Waals surface area contributed by atoms with Gasteiger partial charge in [0, 0.05) is 18.7 Å². The molecule has 0 bridgehead atoms. The molecular formula is C17H14F3NO3. The van der Waals surface area contributed by atoms with E-state index in [0.717, 1.165) is 16.3 Å². The van der Waals surface area contributed by atoms with E-state index in [2.05, 4.69) is 4.99 Å². The summed E-state index contributed by atoms with van der Waals surface area (Å²) in [5.74, 6) is -2.33. The maximum Gasteiger partial charge on any atom is 0.428 e. The van der Waals surface area contributed by atoms with Crippen LogP contribution < -0.4 is 0 Å². The fraction of sp³-hybridized carbons (Fsp3) is 0.294. The zero-order valence-corrected chi connectivity index (χ0v) is 12.5. The van der Waals surface area contributed by atoms with Crippen molar-refractivity contribution in [1.29, 1.82) is 0 Å². The highest BCUT2D eigenvalue weighted by atomic mass is 19.4. The van der Waals surface area contributed by atoms with Crippen LogP contribution in [0.2, 0.25) is 0 Å². The zero-order valence-electron chi connectivity index (χ0n) is 12.5. The highest BCUT2D eigenvalue weighted by molar-refractivity contribution is 6.08. The Labute approximate surface area is 135 Å². The molecule has 2 aromatic rings. The first-order chi connectivity index (χ1) is 11.2. The van der Waals surface area contributed by atoms with Crippen LogP contribution in [-0.2, 0) is 11.2 Å². The summed E-state index contributed by atoms with van der Waals surface area (Å²) in [6.45, 7) is 0.254. The summed E-state index contributed by atoms with van der Waals surface area (Å²) in [6, 6.07) is 10.8. The van der Waals surface area contributed by atoms with Crippen LogP contribution in [0, 0.1) is 0 Å². The van der Waals surface area contributed by atoms with Gasteiger partial charge >= 0.3 is 12.1 Å². The molecule has 1 unspecified atom stereocenters. The zero-order chi connectivity index (χ0) is 17.5. The van der Waals surface area contributed by atoms with Gasteiger partial charge in [0.2, 0.25) is 0 Å². The second-order valence-electron chi connectivity index (χ2n) is 5.73. The van der Waals surface area contributed by atoms with E-state index in [0.29, 0.717) is 12.0 Å². The average molecular weight is 337 g/mol. The van der Waals surface area contributed by atoms with Gasteiger partial charge in [-0.2, -0.15) is 13.2 Å². The lowest BCUT2D eigenvalue weighted by molar-refractivity contribution is -0.257. The number of nitrogens with zero attached hydrogens (tertiary/aromatic N) is 1. The fourth-order valence-electron chi connectivity index (χ4n) is 2.95. The fourth-order valence-corrected chi connectivity index (χ4v) is 2.95. The van der Waals surface area contributed by atoms with Crippen molar-refractivity contribution in [2.75, 3.05) is 6.54 Å². The van der Waals surface area contributed by atoms with Gasteiger partial charge in [-0.1, -0.05) is 36.4 Å². The minimum Gasteiger partial charge on any atom is -0.479 e. The molecule has 7 heteroatoms. The Balaban J connectivity index is 2.08. The lowest BCUT2D eigenvalue weighted by Crippen LogP contribution is -2.53. The molecule has 0 saturated heterocycles. The maximum atomic E-state index is 13.1. The average Bonchev–Trinajstić information content (AvgIpc) is 2.53. The number of carbonyl (C=O) groups is 1. The molecule has 2 aromatic carbocycles. The molecular weight excluding hydrogens is 323 g/mol. The van der Waals surface area contributed by atoms with Crippen molar-refractivity contribution in [2.45, 2.75) is 24.6 Å². The van der Waals surface area contributed by atoms with Gasteiger partial charge in [0.1, 0.15) is 0 Å². The summed E-state index contributed by atoms with van der Waals surface area (Å²) in [4.78, 5) is 15.1. The van der Waals surface area contributed by atoms with Crippen molar-refractivity contribution in [1.82, 2.24) is 0 Å². The molecule has 0 aliphatic carbocycles. The number of halogens is 3. The second-order valence-corrected chi connectivity index (χ2v) is 5.73. The number of alkyl halides is 3. The molecule has 1 atom stereocenters. The Morgan fingerprint density at radius 3 is 2.54 bits per heavy atom. The summed E-state index contributed by atoms with van der Waals surface area (Å²) in [6.07, 6.45) is -5.86. The Morgan fingerprint density at radius 1 is 1.17 bits per heavy atom. The van der Waals surface area contributed by atoms with E-state index in [1.165, 1.54) is 0 Å². The monoisotopic (exact) mass is 337 g/mol. The first-order valence-electron chi connectivity index (χ1n) is 7.31. The van der Waals surface area contributed by atoms with Gasteiger partial charge < -0.3 is 10.2 Å². The second kappa shape index (κ2) is 5.59. The van der Waals surface area contributed by atoms with E-state index in [9.17, 15) is 23.1 Å². The van der Waals surface area contributed by atoms with Gasteiger partial charge in [-0.25, -0.2) is 4.79 Å². The van der Waals surface area contributed by atoms with E-state index >= 15 is 0 Å². The van der Waals surface area contributed by atoms with Crippen LogP contribution in [-0.4, -0.2) is 40.2 Å². The third kappa shape index (κ3) is 2.54. The molecule has 1 heterocycles. The van der Waals surface area contributed by atoms with E-state index in [-0.39, 0.29) is 12.3 Å². The molecule has 126 valence electrons. The van der Waals surface area contributed by atoms with E-state index in [1.807, 2.05) is 24.3 Å². The van der Waals surface area contributed by atoms with E-state index in [1.54, 1.807) is 12.1 Å². The summed E-state index contributed by atoms with van der Waals surface area (Å²) in [5, 5.41) is 20.4. The Kier molecular flexibility index (Phi) is 3.83. The van der Waals surface area contributed by atoms with Gasteiger partial charge in [0.25, 0.3) is 5.60 Å². The minimum absolute atomic E-state index is 0.0378. The Morgan fingerprint density at radius 2 is 1.88 bits per heavy atom. The number of rotatable bonds is 3. The smallest absolute Gasteiger partial charge is 0.428 e. The van der Waals surface area contributed by atoms with Crippen LogP contribution in [0.3, 0.4) is 0 Å². The first-order valence-corrected chi connectivity index (χ1v) is 7.31. The first kappa shape index (κ1) is 16.4. The number of hydrogen-bond acceptors (Lipinski definition) is 3. The largest absolute Gasteiger partial charge is 0.479 e. The highest BCUT2D eigenvalue weighted by Crippen LogP contribution is 2.36. The standard InChI is InChI=1S/C17H14F3NO3/c18-17(19,20)16(24,15(22)23)9-14-13-6-5-10-3-1-2-4-11(10)12(13)7-8-21-14/h1-6,24H,7-9H2,(H,22,23). The van der Waals surface area contributed by atoms with Gasteiger partial charge in [-0.15, -0.1) is 0 Å². The maximum absolute atomic E-state index is 13.1. The molecule has 0 spiro atoms. The molecule has 0 saturated carbocycles. The van der Waals surface area contributed by atoms with Crippen molar-refractivity contribution < 1.29 is 28.2 Å². The number of aliphatic carboxylic acids is 1. The molecule has 1 aliphatic rings. The van der Waals surface area contributed by atoms with Crippen molar-refractivity contribution in [3.05, 3.63) is 47.5 Å². The molecule has 4 nitrogen and oxygen atoms in total. The minimum atomic E-state index is -5.30. The SMILES string of the molecule is O=C(O)C(O)(CC1=NCCc2c1ccc1ccccc21)C(F)(F)F. The molecule has 0 amide bonds. The van der Waals surface area contributed by atoms with Crippen LogP contribution in [0.25, 0.3) is 10.8 Å². The van der Waals surface area contributed by atoms with Crippen LogP contribution in [0.15, 0.2) is 41.4 Å². The molecule has 0 aromatic heterocycles. The van der Waals surface area contributed by atoms with Crippen LogP contribution in [0.4, 0.5) is 13.2 Å². The van der Waals surface area contributed by atoms with Crippen LogP contribution in [0.5, 0.6) is 0 Å². The lowest BCUT2D eigenvalue weighted by Gasteiger charge is -2.28. The van der Waals surface area contributed by atoms with Crippen molar-refractivity contribution >= 4 is 22.5 Å². The summed E-state index contributed by atoms with van der Waals surface area (Å²) < 4.78 is 39.2. The summed E-state index contributed by atoms with van der Waals surface area (Å²) in [7, 11) is 0. The normalized spacial score (nSPS) is 17.1. The van der Waals surface area contributed by atoms with Crippen molar-refractivity contribution in [3.8, 4) is 0 Å². The van der Waals surface area contributed by atoms with Gasteiger partial charge in [-0.3, -0.25) is 4.99 Å². The van der Waals surface area contributed by atoms with Gasteiger partial charge in [0.05, 0.1) is 0 Å². The third-order valence-electron chi connectivity index (χ3n) is 4.26. The Bertz CT molecular complexity index is 845. The molecule has 3 rings (SSSR count). The van der Waals surface area contributed by atoms with Crippen molar-refractivity contribution in [3.63, 3.8) is 0 Å². The molecule has 24 heavy (non-hydrogen) atoms. The number of aliphatic imine (C=N–C) groups is 1. The topological polar surface area (TPSA) is 69.9 Å². The summed E-state index contributed by atoms with van der Waals surface area (Å²) in [5.41, 5.74) is -2.60. The molecule has 2 N–H and O–H groups in total. The highest BCUT2D eigenvalue weighted by Gasteiger charge is 2.60. The summed E-state index contributed by atoms with van der Waals surface area (Å²) >= 11 is 0. The number of carboxylic acid groups (broad SMARTS) is 1. The number of hydrogen-bond donors (Lipinski definition) is 2. The van der Waals surface area contributed by atoms with Crippen LogP contribution >= 0.6 is 0 Å². The predicted molar refractivity (Wildman–Crippen MR) is 82.3 cm³/mol. The quantitative estimate of drug-likeness (QED) is 0.905. The number of benzene rings is 2. The van der Waals surface area contributed by atoms with Crippen molar-refractivity contribution in [2.24, 2.45) is 4.99 Å². The number of fused-ring (bicyclic) bond motifs is 3. The third-order valence-corrected chi connectivity index (χ3v) is 4.26. The molecule has 0 radical (unpaired) electrons. The van der Waals surface area contributed by atoms with Gasteiger partial charge in [0.15, 0.2) is 0 Å². The molecule has 0 fully saturated rings. The van der Waals surface area contributed by atoms with Gasteiger partial charge in [-0.05, 0) is 28.3 Å². The lowest BCUT2D eigenvalue weighted by atomic mass is 9.86. The van der Waals surface area contributed by atoms with Crippen LogP contribution in [0.1, 0.15) is 17.5 Å². The molecule has 1 aliphatic heterocycles. The Hall–Kier alpha value is -2.41. The predicted octanol–water partition coefficient (Wildman–Crippen LogP) is 2.95. The van der Waals surface area contributed by atoms with E-state index in [4.69, 9.17) is 5.11 Å². The van der Waals surface area contributed by atoms with E-state index < -0.39 is 24.2 Å².